The quantitative estimate of drug-likeness (QED) is 0.167. The Morgan fingerprint density at radius 3 is 2.42 bits per heavy atom. The first-order valence-corrected chi connectivity index (χ1v) is 15.7. The van der Waals surface area contributed by atoms with Gasteiger partial charge in [-0.05, 0) is 43.5 Å². The van der Waals surface area contributed by atoms with Crippen molar-refractivity contribution in [3.63, 3.8) is 0 Å². The molecular weight excluding hydrogens is 619 g/mol. The average molecular weight is 651 g/mol. The molecule has 1 saturated carbocycles. The van der Waals surface area contributed by atoms with Crippen molar-refractivity contribution in [3.05, 3.63) is 64.3 Å². The third kappa shape index (κ3) is 6.01. The van der Waals surface area contributed by atoms with Crippen LogP contribution in [0.1, 0.15) is 48.2 Å². The summed E-state index contributed by atoms with van der Waals surface area (Å²) in [6, 6.07) is 2.19. The summed E-state index contributed by atoms with van der Waals surface area (Å²) in [5, 5.41) is 41.0. The van der Waals surface area contributed by atoms with Gasteiger partial charge in [0.1, 0.15) is 11.7 Å². The van der Waals surface area contributed by atoms with Crippen LogP contribution in [-0.4, -0.2) is 83.7 Å². The Hall–Kier alpha value is -2.36. The van der Waals surface area contributed by atoms with E-state index < -0.39 is 88.1 Å². The number of aromatic nitrogens is 4. The number of halogens is 6. The van der Waals surface area contributed by atoms with Gasteiger partial charge in [0.05, 0.1) is 41.6 Å². The van der Waals surface area contributed by atoms with Gasteiger partial charge in [0.15, 0.2) is 17.5 Å². The van der Waals surface area contributed by atoms with Crippen molar-refractivity contribution in [1.82, 2.24) is 20.0 Å². The molecule has 1 aromatic carbocycles. The number of aliphatic hydroxyl groups is 3. The van der Waals surface area contributed by atoms with Gasteiger partial charge in [-0.2, -0.15) is 0 Å². The zero-order valence-corrected chi connectivity index (χ0v) is 24.9. The smallest absolute Gasteiger partial charge is 0.248 e. The summed E-state index contributed by atoms with van der Waals surface area (Å²) in [6.45, 7) is 1.20. The minimum absolute atomic E-state index is 0.00214. The third-order valence-corrected chi connectivity index (χ3v) is 12.6. The van der Waals surface area contributed by atoms with Crippen LogP contribution >= 0.6 is 22.5 Å². The van der Waals surface area contributed by atoms with E-state index in [2.05, 4.69) is 15.3 Å². The van der Waals surface area contributed by atoms with Crippen molar-refractivity contribution >= 4 is 22.5 Å². The van der Waals surface area contributed by atoms with E-state index in [0.717, 1.165) is 12.1 Å². The number of thiol groups is 1. The summed E-state index contributed by atoms with van der Waals surface area (Å²) in [5.74, 6) is -7.16. The highest BCUT2D eigenvalue weighted by Crippen LogP contribution is 2.61. The molecule has 3 aromatic rings. The van der Waals surface area contributed by atoms with Crippen molar-refractivity contribution < 1.29 is 42.0 Å². The summed E-state index contributed by atoms with van der Waals surface area (Å²) < 4.78 is 76.7. The molecule has 2 aromatic heterocycles. The molecule has 8 nitrogen and oxygen atoms in total. The van der Waals surface area contributed by atoms with E-state index in [1.54, 1.807) is 13.0 Å². The van der Waals surface area contributed by atoms with Crippen LogP contribution in [0.2, 0.25) is 5.02 Å². The second kappa shape index (κ2) is 12.2. The zero-order chi connectivity index (χ0) is 31.3. The van der Waals surface area contributed by atoms with Crippen molar-refractivity contribution in [2.45, 2.75) is 72.9 Å². The Morgan fingerprint density at radius 1 is 1.16 bits per heavy atom. The van der Waals surface area contributed by atoms with Gasteiger partial charge in [0.25, 0.3) is 0 Å². The monoisotopic (exact) mass is 650 g/mol. The van der Waals surface area contributed by atoms with E-state index >= 15 is 0 Å². The minimum Gasteiger partial charge on any atom is -0.395 e. The lowest BCUT2D eigenvalue weighted by Crippen LogP contribution is -2.54. The van der Waals surface area contributed by atoms with Gasteiger partial charge >= 0.3 is 0 Å². The Morgan fingerprint density at radius 2 is 1.81 bits per heavy atom. The SMILES string of the molecule is CO[C@H]1C[SH]([C@@H](c2nccc(Cl)c2C)C2(O)CCC(F)(F)CC2)[C@H](CO)[C@H](O)[C@@H]1n1cc(-c2cc(F)c(F)c(F)c2)nn1. The molecule has 43 heavy (non-hydrogen) atoms. The first kappa shape index (κ1) is 32.0. The van der Waals surface area contributed by atoms with Gasteiger partial charge in [-0.25, -0.2) is 37.5 Å². The minimum atomic E-state index is -2.93. The van der Waals surface area contributed by atoms with Crippen molar-refractivity contribution in [2.75, 3.05) is 19.5 Å². The fraction of sp³-hybridized carbons (Fsp3) is 0.536. The zero-order valence-electron chi connectivity index (χ0n) is 23.3. The molecule has 3 N–H and O–H groups in total. The van der Waals surface area contributed by atoms with E-state index in [-0.39, 0.29) is 29.9 Å². The van der Waals surface area contributed by atoms with Crippen LogP contribution in [0.3, 0.4) is 0 Å². The summed E-state index contributed by atoms with van der Waals surface area (Å²) in [7, 11) is -0.190. The number of benzene rings is 1. The van der Waals surface area contributed by atoms with Gasteiger partial charge < -0.3 is 20.1 Å². The van der Waals surface area contributed by atoms with Crippen molar-refractivity contribution in [2.24, 2.45) is 0 Å². The van der Waals surface area contributed by atoms with Crippen LogP contribution in [0, 0.1) is 24.4 Å². The van der Waals surface area contributed by atoms with Crippen LogP contribution in [0.25, 0.3) is 11.3 Å². The predicted molar refractivity (Wildman–Crippen MR) is 151 cm³/mol. The second-order valence-electron chi connectivity index (χ2n) is 11.2. The average Bonchev–Trinajstić information content (AvgIpc) is 3.45. The Bertz CT molecular complexity index is 1450. The molecule has 0 radical (unpaired) electrons. The van der Waals surface area contributed by atoms with Crippen LogP contribution in [0.15, 0.2) is 30.6 Å². The second-order valence-corrected chi connectivity index (χ2v) is 14.2. The highest BCUT2D eigenvalue weighted by atomic mass is 35.5. The van der Waals surface area contributed by atoms with E-state index in [9.17, 15) is 37.3 Å². The lowest BCUT2D eigenvalue weighted by Gasteiger charge is -2.53. The number of pyridine rings is 1. The number of ether oxygens (including phenoxy) is 1. The maximum Gasteiger partial charge on any atom is 0.248 e. The first-order chi connectivity index (χ1) is 20.3. The molecule has 1 aliphatic carbocycles. The molecule has 1 saturated heterocycles. The molecule has 0 spiro atoms. The molecule has 15 heteroatoms. The molecule has 236 valence electrons. The normalized spacial score (nSPS) is 28.5. The molecule has 3 heterocycles. The van der Waals surface area contributed by atoms with E-state index in [1.165, 1.54) is 24.2 Å². The summed E-state index contributed by atoms with van der Waals surface area (Å²) >= 11 is 6.42. The highest BCUT2D eigenvalue weighted by molar-refractivity contribution is 8.18. The van der Waals surface area contributed by atoms with E-state index in [1.807, 2.05) is 0 Å². The molecule has 5 rings (SSSR count). The number of nitrogens with zero attached hydrogens (tertiary/aromatic N) is 4. The molecule has 0 bridgehead atoms. The molecule has 2 aliphatic rings. The number of hydrogen-bond donors (Lipinski definition) is 4. The van der Waals surface area contributed by atoms with E-state index in [0.29, 0.717) is 16.3 Å². The molecule has 6 atom stereocenters. The fourth-order valence-electron chi connectivity index (χ4n) is 6.25. The van der Waals surface area contributed by atoms with Crippen molar-refractivity contribution in [3.8, 4) is 11.3 Å². The third-order valence-electron chi connectivity index (χ3n) is 8.65. The maximum atomic E-state index is 14.2. The van der Waals surface area contributed by atoms with Gasteiger partial charge in [-0.1, -0.05) is 16.8 Å². The highest BCUT2D eigenvalue weighted by Gasteiger charge is 2.54. The van der Waals surface area contributed by atoms with Crippen molar-refractivity contribution in [1.29, 1.82) is 0 Å². The summed E-state index contributed by atoms with van der Waals surface area (Å²) in [5.41, 5.74) is -0.729. The number of hydrogen-bond acceptors (Lipinski definition) is 7. The molecule has 0 amide bonds. The lowest BCUT2D eigenvalue weighted by molar-refractivity contribution is -0.105. The van der Waals surface area contributed by atoms with Gasteiger partial charge in [0, 0.05) is 47.7 Å². The predicted octanol–water partition coefficient (Wildman–Crippen LogP) is 4.69. The number of alkyl halides is 2. The van der Waals surface area contributed by atoms with Crippen LogP contribution in [0.4, 0.5) is 22.0 Å². The Kier molecular flexibility index (Phi) is 9.09. The number of rotatable bonds is 7. The molecule has 2 fully saturated rings. The number of methoxy groups -OCH3 is 1. The van der Waals surface area contributed by atoms with Gasteiger partial charge in [-0.3, -0.25) is 4.98 Å². The molecule has 1 unspecified atom stereocenters. The Balaban J connectivity index is 1.54. The molecule has 1 aliphatic heterocycles. The standard InChI is InChI=1S/C28H32ClF5N4O4S/c1-14-16(29)3-8-35-23(14)26(27(41)4-6-28(33,34)7-5-27)43-13-20(42-2)24(25(40)21(43)12-39)38-11-19(36-37-38)15-9-17(30)22(32)18(31)10-15/h3,8-11,20-21,24-26,39-41,43H,4-7,12-13H2,1-2H3/t20-,21+,24+,25-,26-/m0/s1. The van der Waals surface area contributed by atoms with Crippen LogP contribution in [0.5, 0.6) is 0 Å². The van der Waals surface area contributed by atoms with E-state index in [4.69, 9.17) is 16.3 Å². The first-order valence-electron chi connectivity index (χ1n) is 13.7. The summed E-state index contributed by atoms with van der Waals surface area (Å²) in [6.07, 6.45) is -0.803. The van der Waals surface area contributed by atoms with Crippen LogP contribution < -0.4 is 0 Å². The molecular formula is C28H32ClF5N4O4S. The Labute approximate surface area is 252 Å². The van der Waals surface area contributed by atoms with Gasteiger partial charge in [-0.15, -0.1) is 5.10 Å². The fourth-order valence-corrected chi connectivity index (χ4v) is 10.3. The van der Waals surface area contributed by atoms with Crippen LogP contribution in [-0.2, 0) is 4.74 Å². The topological polar surface area (TPSA) is 114 Å². The number of aliphatic hydroxyl groups excluding tert-OH is 2. The lowest BCUT2D eigenvalue weighted by atomic mass is 9.79. The summed E-state index contributed by atoms with van der Waals surface area (Å²) in [4.78, 5) is 4.52. The largest absolute Gasteiger partial charge is 0.395 e. The van der Waals surface area contributed by atoms with Gasteiger partial charge in [0.2, 0.25) is 5.92 Å². The maximum absolute atomic E-state index is 14.2.